The number of likely N-dealkylation sites (tertiary alicyclic amines) is 3. The van der Waals surface area contributed by atoms with Crippen LogP contribution in [0.3, 0.4) is 0 Å². The Morgan fingerprint density at radius 1 is 0.885 bits per heavy atom. The van der Waals surface area contributed by atoms with Crippen molar-refractivity contribution >= 4 is 5.91 Å². The normalized spacial score (nSPS) is 26.3. The first-order valence-corrected chi connectivity index (χ1v) is 10.6. The van der Waals surface area contributed by atoms with Gasteiger partial charge in [-0.25, -0.2) is 0 Å². The molecule has 4 nitrogen and oxygen atoms in total. The van der Waals surface area contributed by atoms with Gasteiger partial charge in [0.2, 0.25) is 5.91 Å². The number of carbonyl (C=O) groups is 1. The van der Waals surface area contributed by atoms with Crippen molar-refractivity contribution in [3.63, 3.8) is 0 Å². The van der Waals surface area contributed by atoms with Crippen molar-refractivity contribution in [3.8, 4) is 0 Å². The lowest BCUT2D eigenvalue weighted by Gasteiger charge is -2.42. The minimum Gasteiger partial charge on any atom is -0.342 e. The average molecular weight is 356 g/mol. The molecule has 1 atom stereocenters. The van der Waals surface area contributed by atoms with Crippen LogP contribution in [0.4, 0.5) is 0 Å². The van der Waals surface area contributed by atoms with E-state index in [0.29, 0.717) is 11.9 Å². The van der Waals surface area contributed by atoms with Gasteiger partial charge < -0.3 is 4.90 Å². The van der Waals surface area contributed by atoms with E-state index in [1.807, 2.05) is 0 Å². The second-order valence-electron chi connectivity index (χ2n) is 8.36. The molecule has 0 aromatic heterocycles. The van der Waals surface area contributed by atoms with Gasteiger partial charge >= 0.3 is 0 Å². The summed E-state index contributed by atoms with van der Waals surface area (Å²) in [4.78, 5) is 20.1. The zero-order chi connectivity index (χ0) is 17.8. The third-order valence-electron chi connectivity index (χ3n) is 6.54. The Morgan fingerprint density at radius 2 is 1.62 bits per heavy atom. The Balaban J connectivity index is 1.26. The van der Waals surface area contributed by atoms with E-state index in [-0.39, 0.29) is 5.92 Å². The van der Waals surface area contributed by atoms with Gasteiger partial charge in [0.05, 0.1) is 5.92 Å². The first-order valence-electron chi connectivity index (χ1n) is 10.6. The van der Waals surface area contributed by atoms with Crippen LogP contribution in [0, 0.1) is 5.92 Å². The average Bonchev–Trinajstić information content (AvgIpc) is 3.24. The minimum absolute atomic E-state index is 0.254. The number of rotatable bonds is 4. The van der Waals surface area contributed by atoms with Gasteiger partial charge in [0.25, 0.3) is 0 Å². The third-order valence-corrected chi connectivity index (χ3v) is 6.54. The van der Waals surface area contributed by atoms with E-state index in [1.54, 1.807) is 0 Å². The van der Waals surface area contributed by atoms with Gasteiger partial charge in [0.15, 0.2) is 0 Å². The number of hydrogen-bond acceptors (Lipinski definition) is 3. The highest BCUT2D eigenvalue weighted by atomic mass is 16.2. The Morgan fingerprint density at radius 3 is 2.35 bits per heavy atom. The number of hydrogen-bond donors (Lipinski definition) is 0. The highest BCUT2D eigenvalue weighted by Crippen LogP contribution is 2.26. The second-order valence-corrected chi connectivity index (χ2v) is 8.36. The molecular formula is C22H33N3O. The molecule has 1 aromatic carbocycles. The summed E-state index contributed by atoms with van der Waals surface area (Å²) >= 11 is 0. The van der Waals surface area contributed by atoms with Crippen molar-refractivity contribution in [3.05, 3.63) is 35.9 Å². The van der Waals surface area contributed by atoms with Crippen LogP contribution in [0.1, 0.15) is 44.1 Å². The van der Waals surface area contributed by atoms with Crippen LogP contribution in [0.25, 0.3) is 0 Å². The van der Waals surface area contributed by atoms with Crippen molar-refractivity contribution in [2.24, 2.45) is 5.92 Å². The lowest BCUT2D eigenvalue weighted by molar-refractivity contribution is -0.136. The fourth-order valence-corrected chi connectivity index (χ4v) is 5.02. The molecule has 0 unspecified atom stereocenters. The van der Waals surface area contributed by atoms with Crippen molar-refractivity contribution in [1.82, 2.24) is 14.7 Å². The van der Waals surface area contributed by atoms with Gasteiger partial charge in [-0.1, -0.05) is 30.3 Å². The monoisotopic (exact) mass is 355 g/mol. The van der Waals surface area contributed by atoms with E-state index in [1.165, 1.54) is 57.3 Å². The number of nitrogens with zero attached hydrogens (tertiary/aromatic N) is 3. The maximum absolute atomic E-state index is 12.8. The summed E-state index contributed by atoms with van der Waals surface area (Å²) in [6.07, 6.45) is 7.17. The fourth-order valence-electron chi connectivity index (χ4n) is 5.02. The van der Waals surface area contributed by atoms with Gasteiger partial charge in [0, 0.05) is 32.2 Å². The number of benzene rings is 1. The summed E-state index contributed by atoms with van der Waals surface area (Å²) in [7, 11) is 0. The summed E-state index contributed by atoms with van der Waals surface area (Å²) in [5.41, 5.74) is 1.42. The minimum atomic E-state index is 0.254. The van der Waals surface area contributed by atoms with Crippen LogP contribution in [0.2, 0.25) is 0 Å². The van der Waals surface area contributed by atoms with Gasteiger partial charge in [-0.15, -0.1) is 0 Å². The van der Waals surface area contributed by atoms with Crippen molar-refractivity contribution < 1.29 is 4.79 Å². The van der Waals surface area contributed by atoms with Gasteiger partial charge in [-0.3, -0.25) is 14.6 Å². The zero-order valence-corrected chi connectivity index (χ0v) is 16.0. The molecule has 3 saturated heterocycles. The SMILES string of the molecule is O=C([C@@H]1CCCN(C2CCN(Cc3ccccc3)CC2)C1)N1CCCC1. The van der Waals surface area contributed by atoms with Crippen LogP contribution >= 0.6 is 0 Å². The Labute approximate surface area is 158 Å². The Bertz CT molecular complexity index is 576. The Kier molecular flexibility index (Phi) is 5.91. The van der Waals surface area contributed by atoms with E-state index in [9.17, 15) is 4.79 Å². The van der Waals surface area contributed by atoms with E-state index >= 15 is 0 Å². The molecule has 3 aliphatic rings. The lowest BCUT2D eigenvalue weighted by Crippen LogP contribution is -2.51. The van der Waals surface area contributed by atoms with E-state index in [2.05, 4.69) is 45.0 Å². The third kappa shape index (κ3) is 4.29. The zero-order valence-electron chi connectivity index (χ0n) is 16.0. The molecule has 4 heteroatoms. The molecule has 0 aliphatic carbocycles. The van der Waals surface area contributed by atoms with Gasteiger partial charge in [-0.2, -0.15) is 0 Å². The molecule has 3 fully saturated rings. The molecule has 4 rings (SSSR count). The predicted molar refractivity (Wildman–Crippen MR) is 105 cm³/mol. The van der Waals surface area contributed by atoms with Crippen molar-refractivity contribution in [2.75, 3.05) is 39.3 Å². The largest absolute Gasteiger partial charge is 0.342 e. The maximum atomic E-state index is 12.8. The smallest absolute Gasteiger partial charge is 0.226 e. The summed E-state index contributed by atoms with van der Waals surface area (Å²) in [6.45, 7) is 7.61. The molecule has 0 N–H and O–H groups in total. The van der Waals surface area contributed by atoms with Crippen molar-refractivity contribution in [2.45, 2.75) is 51.1 Å². The molecule has 1 aromatic rings. The van der Waals surface area contributed by atoms with Crippen LogP contribution in [-0.2, 0) is 11.3 Å². The first kappa shape index (κ1) is 18.0. The number of amides is 1. The molecule has 0 bridgehead atoms. The standard InChI is InChI=1S/C22H33N3O/c26-22(24-12-4-5-13-24)20-9-6-14-25(18-20)21-10-15-23(16-11-21)17-19-7-2-1-3-8-19/h1-3,7-8,20-21H,4-6,9-18H2/t20-/m1/s1. The molecule has 0 spiro atoms. The summed E-state index contributed by atoms with van der Waals surface area (Å²) in [5, 5.41) is 0. The molecule has 1 amide bonds. The van der Waals surface area contributed by atoms with Crippen LogP contribution < -0.4 is 0 Å². The molecule has 26 heavy (non-hydrogen) atoms. The van der Waals surface area contributed by atoms with Crippen LogP contribution in [-0.4, -0.2) is 65.9 Å². The quantitative estimate of drug-likeness (QED) is 0.831. The van der Waals surface area contributed by atoms with Crippen LogP contribution in [0.5, 0.6) is 0 Å². The van der Waals surface area contributed by atoms with Crippen molar-refractivity contribution in [1.29, 1.82) is 0 Å². The van der Waals surface area contributed by atoms with E-state index in [4.69, 9.17) is 0 Å². The molecule has 0 saturated carbocycles. The highest BCUT2D eigenvalue weighted by Gasteiger charge is 2.34. The number of carbonyl (C=O) groups excluding carboxylic acids is 1. The molecule has 3 heterocycles. The second kappa shape index (κ2) is 8.53. The van der Waals surface area contributed by atoms with Gasteiger partial charge in [-0.05, 0) is 63.7 Å². The topological polar surface area (TPSA) is 26.8 Å². The van der Waals surface area contributed by atoms with Crippen LogP contribution in [0.15, 0.2) is 30.3 Å². The summed E-state index contributed by atoms with van der Waals surface area (Å²) in [5.74, 6) is 0.693. The fraction of sp³-hybridized carbons (Fsp3) is 0.682. The lowest BCUT2D eigenvalue weighted by atomic mass is 9.93. The first-order chi connectivity index (χ1) is 12.8. The number of piperidine rings is 2. The maximum Gasteiger partial charge on any atom is 0.226 e. The van der Waals surface area contributed by atoms with E-state index in [0.717, 1.165) is 32.6 Å². The summed E-state index contributed by atoms with van der Waals surface area (Å²) < 4.78 is 0. The molecular weight excluding hydrogens is 322 g/mol. The Hall–Kier alpha value is -1.39. The molecule has 3 aliphatic heterocycles. The van der Waals surface area contributed by atoms with Gasteiger partial charge in [0.1, 0.15) is 0 Å². The predicted octanol–water partition coefficient (Wildman–Crippen LogP) is 2.99. The van der Waals surface area contributed by atoms with E-state index < -0.39 is 0 Å². The highest BCUT2D eigenvalue weighted by molar-refractivity contribution is 5.79. The molecule has 0 radical (unpaired) electrons. The molecule has 142 valence electrons. The summed E-state index contributed by atoms with van der Waals surface area (Å²) in [6, 6.07) is 11.5.